The maximum Gasteiger partial charge on any atom is 0.332 e. The number of nitrogens with zero attached hydrogens (tertiary/aromatic N) is 2. The molecule has 2 heterocycles. The molecule has 0 saturated carbocycles. The number of rotatable bonds is 5. The zero-order valence-electron chi connectivity index (χ0n) is 18.0. The van der Waals surface area contributed by atoms with Crippen LogP contribution in [0.4, 0.5) is 19.3 Å². The predicted molar refractivity (Wildman–Crippen MR) is 126 cm³/mol. The lowest BCUT2D eigenvalue weighted by atomic mass is 10.0. The second kappa shape index (κ2) is 8.46. The van der Waals surface area contributed by atoms with Crippen molar-refractivity contribution in [1.29, 1.82) is 0 Å². The van der Waals surface area contributed by atoms with E-state index in [4.69, 9.17) is 0 Å². The van der Waals surface area contributed by atoms with Crippen LogP contribution < -0.4 is 4.90 Å². The lowest BCUT2D eigenvalue weighted by Gasteiger charge is -2.28. The molecule has 3 aromatic rings. The molecular weight excluding hydrogens is 514 g/mol. The molecule has 4 rings (SSSR count). The summed E-state index contributed by atoms with van der Waals surface area (Å²) >= 11 is 4.44. The second-order valence-corrected chi connectivity index (χ2v) is 10.1. The van der Waals surface area contributed by atoms with Crippen LogP contribution in [0.3, 0.4) is 0 Å². The van der Waals surface area contributed by atoms with E-state index in [2.05, 4.69) is 15.9 Å². The van der Waals surface area contributed by atoms with Crippen molar-refractivity contribution in [2.45, 2.75) is 32.9 Å². The van der Waals surface area contributed by atoms with Gasteiger partial charge in [-0.3, -0.25) is 9.59 Å². The highest BCUT2D eigenvalue weighted by Crippen LogP contribution is 2.38. The zero-order valence-corrected chi connectivity index (χ0v) is 20.4. The Labute approximate surface area is 201 Å². The monoisotopic (exact) mass is 532 g/mol. The van der Waals surface area contributed by atoms with Crippen molar-refractivity contribution in [3.8, 4) is 10.4 Å². The van der Waals surface area contributed by atoms with E-state index in [1.165, 1.54) is 42.2 Å². The van der Waals surface area contributed by atoms with Crippen LogP contribution in [0.15, 0.2) is 53.0 Å². The summed E-state index contributed by atoms with van der Waals surface area (Å²) in [6.07, 6.45) is 0. The molecule has 0 bridgehead atoms. The van der Waals surface area contributed by atoms with Gasteiger partial charge in [0, 0.05) is 21.5 Å². The minimum Gasteiger partial charge on any atom is -0.305 e. The number of Topliss-reactive ketones (excluding diaryl/α,β-unsaturated/α-hetero) is 1. The van der Waals surface area contributed by atoms with Crippen molar-refractivity contribution < 1.29 is 23.2 Å². The average Bonchev–Trinajstić information content (AvgIpc) is 3.29. The SMILES string of the molecule is CC(=O)c1ccc(-c2cc(N3C(=O)N(Cc4ccc(F)cc4Br)C(C)(C)C3=O)ccc2F)s1. The minimum atomic E-state index is -1.18. The largest absolute Gasteiger partial charge is 0.332 e. The van der Waals surface area contributed by atoms with Gasteiger partial charge < -0.3 is 4.90 Å². The summed E-state index contributed by atoms with van der Waals surface area (Å²) in [5.41, 5.74) is -0.108. The van der Waals surface area contributed by atoms with Crippen molar-refractivity contribution in [1.82, 2.24) is 4.90 Å². The van der Waals surface area contributed by atoms with Crippen LogP contribution in [0.2, 0.25) is 0 Å². The molecule has 1 aliphatic rings. The molecule has 0 unspecified atom stereocenters. The molecule has 3 amide bonds. The van der Waals surface area contributed by atoms with Gasteiger partial charge in [0.1, 0.15) is 17.2 Å². The van der Waals surface area contributed by atoms with Gasteiger partial charge in [0.2, 0.25) is 0 Å². The first-order chi connectivity index (χ1) is 15.5. The number of carbonyl (C=O) groups is 3. The standard InChI is InChI=1S/C24H19BrF2N2O3S/c1-13(30)20-8-9-21(33-20)17-11-16(6-7-19(17)27)29-22(31)24(2,3)28(23(29)32)12-14-4-5-15(26)10-18(14)25/h4-11H,12H2,1-3H3. The molecule has 1 fully saturated rings. The predicted octanol–water partition coefficient (Wildman–Crippen LogP) is 6.41. The number of benzene rings is 2. The smallest absolute Gasteiger partial charge is 0.305 e. The van der Waals surface area contributed by atoms with E-state index in [1.54, 1.807) is 32.0 Å². The number of halogens is 3. The molecule has 170 valence electrons. The second-order valence-electron chi connectivity index (χ2n) is 8.19. The third kappa shape index (κ3) is 4.11. The Bertz CT molecular complexity index is 1300. The van der Waals surface area contributed by atoms with Gasteiger partial charge in [-0.25, -0.2) is 18.5 Å². The van der Waals surface area contributed by atoms with Gasteiger partial charge in [-0.15, -0.1) is 11.3 Å². The lowest BCUT2D eigenvalue weighted by Crippen LogP contribution is -2.43. The molecule has 1 aromatic heterocycles. The van der Waals surface area contributed by atoms with Gasteiger partial charge in [-0.2, -0.15) is 0 Å². The zero-order chi connectivity index (χ0) is 24.1. The summed E-state index contributed by atoms with van der Waals surface area (Å²) in [5, 5.41) is 0. The van der Waals surface area contributed by atoms with Gasteiger partial charge in [-0.05, 0) is 68.8 Å². The number of thiophene rings is 1. The highest BCUT2D eigenvalue weighted by Gasteiger charge is 2.52. The first-order valence-corrected chi connectivity index (χ1v) is 11.6. The van der Waals surface area contributed by atoms with Crippen molar-refractivity contribution >= 4 is 50.7 Å². The third-order valence-electron chi connectivity index (χ3n) is 5.59. The fourth-order valence-corrected chi connectivity index (χ4v) is 5.06. The minimum absolute atomic E-state index is 0.0793. The molecule has 0 spiro atoms. The topological polar surface area (TPSA) is 57.7 Å². The number of amides is 3. The first kappa shape index (κ1) is 23.3. The molecule has 1 aliphatic heterocycles. The van der Waals surface area contributed by atoms with E-state index in [1.807, 2.05) is 0 Å². The summed E-state index contributed by atoms with van der Waals surface area (Å²) in [4.78, 5) is 41.7. The highest BCUT2D eigenvalue weighted by molar-refractivity contribution is 9.10. The number of carbonyl (C=O) groups excluding carboxylic acids is 3. The lowest BCUT2D eigenvalue weighted by molar-refractivity contribution is -0.123. The molecule has 2 aromatic carbocycles. The first-order valence-electron chi connectivity index (χ1n) is 10.0. The number of imide groups is 1. The van der Waals surface area contributed by atoms with E-state index < -0.39 is 29.1 Å². The van der Waals surface area contributed by atoms with Gasteiger partial charge in [-0.1, -0.05) is 22.0 Å². The van der Waals surface area contributed by atoms with Gasteiger partial charge in [0.15, 0.2) is 5.78 Å². The Kier molecular flexibility index (Phi) is 5.96. The maximum atomic E-state index is 14.6. The van der Waals surface area contributed by atoms with Gasteiger partial charge >= 0.3 is 6.03 Å². The van der Waals surface area contributed by atoms with Crippen molar-refractivity contribution in [3.05, 3.63) is 75.1 Å². The van der Waals surface area contributed by atoms with Crippen LogP contribution in [-0.4, -0.2) is 28.2 Å². The van der Waals surface area contributed by atoms with Crippen molar-refractivity contribution in [2.24, 2.45) is 0 Å². The molecule has 0 radical (unpaired) electrons. The Morgan fingerprint density at radius 1 is 1.06 bits per heavy atom. The van der Waals surface area contributed by atoms with Gasteiger partial charge in [0.05, 0.1) is 10.6 Å². The Hall–Kier alpha value is -2.91. The quantitative estimate of drug-likeness (QED) is 0.282. The summed E-state index contributed by atoms with van der Waals surface area (Å²) in [6, 6.07) is 10.8. The Morgan fingerprint density at radius 2 is 1.79 bits per heavy atom. The number of ketones is 1. The van der Waals surface area contributed by atoms with Crippen molar-refractivity contribution in [2.75, 3.05) is 4.90 Å². The molecule has 5 nitrogen and oxygen atoms in total. The highest BCUT2D eigenvalue weighted by atomic mass is 79.9. The van der Waals surface area contributed by atoms with Crippen LogP contribution in [0.25, 0.3) is 10.4 Å². The van der Waals surface area contributed by atoms with E-state index in [0.717, 1.165) is 16.2 Å². The van der Waals surface area contributed by atoms with Crippen LogP contribution >= 0.6 is 27.3 Å². The molecular formula is C24H19BrF2N2O3S. The summed E-state index contributed by atoms with van der Waals surface area (Å²) in [5.74, 6) is -1.53. The molecule has 33 heavy (non-hydrogen) atoms. The van der Waals surface area contributed by atoms with E-state index in [9.17, 15) is 23.2 Å². The summed E-state index contributed by atoms with van der Waals surface area (Å²) in [6.45, 7) is 4.77. The van der Waals surface area contributed by atoms with Crippen LogP contribution in [-0.2, 0) is 11.3 Å². The van der Waals surface area contributed by atoms with Gasteiger partial charge in [0.25, 0.3) is 5.91 Å². The molecule has 0 aliphatic carbocycles. The summed E-state index contributed by atoms with van der Waals surface area (Å²) in [7, 11) is 0. The fourth-order valence-electron chi connectivity index (χ4n) is 3.66. The normalized spacial score (nSPS) is 15.5. The Morgan fingerprint density at radius 3 is 2.42 bits per heavy atom. The number of hydrogen-bond donors (Lipinski definition) is 0. The fraction of sp³-hybridized carbons (Fsp3) is 0.208. The third-order valence-corrected chi connectivity index (χ3v) is 7.55. The number of urea groups is 1. The van der Waals surface area contributed by atoms with Crippen LogP contribution in [0.5, 0.6) is 0 Å². The molecule has 0 N–H and O–H groups in total. The number of hydrogen-bond acceptors (Lipinski definition) is 4. The van der Waals surface area contributed by atoms with Crippen LogP contribution in [0, 0.1) is 11.6 Å². The summed E-state index contributed by atoms with van der Waals surface area (Å²) < 4.78 is 28.6. The average molecular weight is 533 g/mol. The van der Waals surface area contributed by atoms with E-state index in [0.29, 0.717) is 19.8 Å². The molecule has 0 atom stereocenters. The van der Waals surface area contributed by atoms with E-state index in [-0.39, 0.29) is 23.6 Å². The molecule has 9 heteroatoms. The Balaban J connectivity index is 1.71. The van der Waals surface area contributed by atoms with E-state index >= 15 is 0 Å². The number of anilines is 1. The van der Waals surface area contributed by atoms with Crippen molar-refractivity contribution in [3.63, 3.8) is 0 Å². The maximum absolute atomic E-state index is 14.6. The molecule has 1 saturated heterocycles. The van der Waals surface area contributed by atoms with Crippen LogP contribution in [0.1, 0.15) is 36.0 Å².